The SMILES string of the molecule is Cn1c(CN2CCN(c3ccc4ncnc(OC5CCOC5)c4c3)CC2)cncc1=O. The molecule has 0 N–H and O–H groups in total. The maximum atomic E-state index is 11.8. The van der Waals surface area contributed by atoms with Crippen LogP contribution in [0.4, 0.5) is 5.69 Å². The van der Waals surface area contributed by atoms with E-state index in [2.05, 4.69) is 36.9 Å². The molecule has 1 aromatic carbocycles. The summed E-state index contributed by atoms with van der Waals surface area (Å²) >= 11 is 0. The minimum Gasteiger partial charge on any atom is -0.471 e. The van der Waals surface area contributed by atoms with Gasteiger partial charge in [-0.3, -0.25) is 14.7 Å². The van der Waals surface area contributed by atoms with Crippen molar-refractivity contribution in [2.24, 2.45) is 7.05 Å². The lowest BCUT2D eigenvalue weighted by Crippen LogP contribution is -2.46. The molecule has 9 heteroatoms. The molecule has 2 aliphatic rings. The lowest BCUT2D eigenvalue weighted by molar-refractivity contribution is 0.139. The first-order chi connectivity index (χ1) is 15.2. The van der Waals surface area contributed by atoms with Crippen molar-refractivity contribution in [2.75, 3.05) is 44.3 Å². The molecule has 0 saturated carbocycles. The molecule has 1 unspecified atom stereocenters. The zero-order chi connectivity index (χ0) is 21.2. The Labute approximate surface area is 180 Å². The summed E-state index contributed by atoms with van der Waals surface area (Å²) in [4.78, 5) is 29.4. The monoisotopic (exact) mass is 422 g/mol. The standard InChI is InChI=1S/C22H26N6O3/c1-26-17(11-23-12-21(26)29)13-27-5-7-28(8-6-27)16-2-3-20-19(10-16)22(25-15-24-20)31-18-4-9-30-14-18/h2-3,10-12,15,18H,4-9,13-14H2,1H3. The number of hydrogen-bond acceptors (Lipinski definition) is 8. The van der Waals surface area contributed by atoms with Crippen LogP contribution >= 0.6 is 0 Å². The molecule has 2 saturated heterocycles. The summed E-state index contributed by atoms with van der Waals surface area (Å²) in [6.45, 7) is 5.69. The van der Waals surface area contributed by atoms with Gasteiger partial charge >= 0.3 is 0 Å². The summed E-state index contributed by atoms with van der Waals surface area (Å²) in [5, 5.41) is 0.930. The van der Waals surface area contributed by atoms with Gasteiger partial charge in [0.15, 0.2) is 0 Å². The normalized spacial score (nSPS) is 19.8. The van der Waals surface area contributed by atoms with Gasteiger partial charge < -0.3 is 18.9 Å². The Morgan fingerprint density at radius 1 is 1.16 bits per heavy atom. The van der Waals surface area contributed by atoms with Crippen LogP contribution in [0.1, 0.15) is 12.1 Å². The number of hydrogen-bond donors (Lipinski definition) is 0. The average molecular weight is 422 g/mol. The van der Waals surface area contributed by atoms with Crippen molar-refractivity contribution in [1.82, 2.24) is 24.4 Å². The van der Waals surface area contributed by atoms with Crippen molar-refractivity contribution in [3.63, 3.8) is 0 Å². The van der Waals surface area contributed by atoms with E-state index in [4.69, 9.17) is 9.47 Å². The largest absolute Gasteiger partial charge is 0.471 e. The molecule has 2 aliphatic heterocycles. The number of aromatic nitrogens is 4. The molecule has 31 heavy (non-hydrogen) atoms. The van der Waals surface area contributed by atoms with Crippen LogP contribution in [0, 0.1) is 0 Å². The van der Waals surface area contributed by atoms with E-state index in [1.54, 1.807) is 24.1 Å². The fourth-order valence-corrected chi connectivity index (χ4v) is 4.12. The van der Waals surface area contributed by atoms with Crippen LogP contribution in [0.5, 0.6) is 5.88 Å². The van der Waals surface area contributed by atoms with E-state index in [0.29, 0.717) is 12.5 Å². The molecule has 4 heterocycles. The highest BCUT2D eigenvalue weighted by Gasteiger charge is 2.21. The Hall–Kier alpha value is -3.04. The lowest BCUT2D eigenvalue weighted by atomic mass is 10.1. The Morgan fingerprint density at radius 3 is 2.84 bits per heavy atom. The number of ether oxygens (including phenoxy) is 2. The molecule has 0 radical (unpaired) electrons. The molecule has 0 aliphatic carbocycles. The first-order valence-electron chi connectivity index (χ1n) is 10.6. The third-order valence-electron chi connectivity index (χ3n) is 6.04. The minimum absolute atomic E-state index is 0.0498. The maximum absolute atomic E-state index is 11.8. The number of nitrogens with zero attached hydrogens (tertiary/aromatic N) is 6. The van der Waals surface area contributed by atoms with Crippen molar-refractivity contribution in [2.45, 2.75) is 19.1 Å². The van der Waals surface area contributed by atoms with Gasteiger partial charge in [0.2, 0.25) is 5.88 Å². The first kappa shape index (κ1) is 19.9. The predicted molar refractivity (Wildman–Crippen MR) is 116 cm³/mol. The van der Waals surface area contributed by atoms with Crippen LogP contribution in [-0.4, -0.2) is 69.9 Å². The highest BCUT2D eigenvalue weighted by Crippen LogP contribution is 2.29. The molecule has 2 aromatic heterocycles. The van der Waals surface area contributed by atoms with Gasteiger partial charge in [-0.1, -0.05) is 0 Å². The summed E-state index contributed by atoms with van der Waals surface area (Å²) < 4.78 is 13.2. The number of rotatable bonds is 5. The summed E-state index contributed by atoms with van der Waals surface area (Å²) in [6.07, 6.45) is 5.61. The Morgan fingerprint density at radius 2 is 2.03 bits per heavy atom. The number of fused-ring (bicyclic) bond motifs is 1. The van der Waals surface area contributed by atoms with Gasteiger partial charge in [-0.2, -0.15) is 0 Å². The van der Waals surface area contributed by atoms with E-state index >= 15 is 0 Å². The second kappa shape index (κ2) is 8.60. The van der Waals surface area contributed by atoms with E-state index in [-0.39, 0.29) is 11.7 Å². The summed E-state index contributed by atoms with van der Waals surface area (Å²) in [7, 11) is 1.80. The maximum Gasteiger partial charge on any atom is 0.268 e. The van der Waals surface area contributed by atoms with Crippen molar-refractivity contribution in [1.29, 1.82) is 0 Å². The lowest BCUT2D eigenvalue weighted by Gasteiger charge is -2.36. The van der Waals surface area contributed by atoms with Crippen molar-refractivity contribution in [3.05, 3.63) is 53.0 Å². The van der Waals surface area contributed by atoms with E-state index < -0.39 is 0 Å². The van der Waals surface area contributed by atoms with Crippen molar-refractivity contribution < 1.29 is 9.47 Å². The zero-order valence-corrected chi connectivity index (χ0v) is 17.6. The van der Waals surface area contributed by atoms with E-state index in [0.717, 1.165) is 68.0 Å². The van der Waals surface area contributed by atoms with Gasteiger partial charge in [0, 0.05) is 58.1 Å². The van der Waals surface area contributed by atoms with E-state index in [1.807, 2.05) is 6.07 Å². The fourth-order valence-electron chi connectivity index (χ4n) is 4.12. The second-order valence-electron chi connectivity index (χ2n) is 8.04. The van der Waals surface area contributed by atoms with Crippen LogP contribution < -0.4 is 15.2 Å². The van der Waals surface area contributed by atoms with E-state index in [1.165, 1.54) is 6.20 Å². The molecule has 5 rings (SSSR count). The number of anilines is 1. The van der Waals surface area contributed by atoms with Crippen LogP contribution in [0.15, 0.2) is 41.7 Å². The third kappa shape index (κ3) is 4.24. The van der Waals surface area contributed by atoms with Gasteiger partial charge in [0.05, 0.1) is 36.0 Å². The molecule has 0 spiro atoms. The first-order valence-corrected chi connectivity index (χ1v) is 10.6. The molecular formula is C22H26N6O3. The zero-order valence-electron chi connectivity index (χ0n) is 17.6. The fraction of sp³-hybridized carbons (Fsp3) is 0.455. The topological polar surface area (TPSA) is 85.6 Å². The van der Waals surface area contributed by atoms with Crippen molar-refractivity contribution >= 4 is 16.6 Å². The van der Waals surface area contributed by atoms with Gasteiger partial charge in [-0.15, -0.1) is 0 Å². The quantitative estimate of drug-likeness (QED) is 0.607. The third-order valence-corrected chi connectivity index (χ3v) is 6.04. The Bertz CT molecular complexity index is 1120. The van der Waals surface area contributed by atoms with Crippen LogP contribution in [0.2, 0.25) is 0 Å². The average Bonchev–Trinajstić information content (AvgIpc) is 3.31. The van der Waals surface area contributed by atoms with Crippen LogP contribution in [0.25, 0.3) is 10.9 Å². The van der Waals surface area contributed by atoms with E-state index in [9.17, 15) is 4.79 Å². The summed E-state index contributed by atoms with van der Waals surface area (Å²) in [5.41, 5.74) is 2.88. The Kier molecular flexibility index (Phi) is 5.52. The molecule has 0 bridgehead atoms. The van der Waals surface area contributed by atoms with Crippen molar-refractivity contribution in [3.8, 4) is 5.88 Å². The second-order valence-corrected chi connectivity index (χ2v) is 8.04. The highest BCUT2D eigenvalue weighted by molar-refractivity contribution is 5.86. The summed E-state index contributed by atoms with van der Waals surface area (Å²) in [5.74, 6) is 0.624. The molecule has 1 atom stereocenters. The molecule has 2 fully saturated rings. The van der Waals surface area contributed by atoms with Crippen LogP contribution in [0.3, 0.4) is 0 Å². The molecule has 3 aromatic rings. The molecule has 0 amide bonds. The van der Waals surface area contributed by atoms with Gasteiger partial charge in [0.1, 0.15) is 12.4 Å². The minimum atomic E-state index is -0.0725. The highest BCUT2D eigenvalue weighted by atomic mass is 16.5. The van der Waals surface area contributed by atoms with Crippen LogP contribution in [-0.2, 0) is 18.3 Å². The van der Waals surface area contributed by atoms with Gasteiger partial charge in [-0.25, -0.2) is 9.97 Å². The molecule has 9 nitrogen and oxygen atoms in total. The smallest absolute Gasteiger partial charge is 0.268 e. The molecular weight excluding hydrogens is 396 g/mol. The predicted octanol–water partition coefficient (Wildman–Crippen LogP) is 1.21. The number of piperazine rings is 1. The van der Waals surface area contributed by atoms with Gasteiger partial charge in [-0.05, 0) is 18.2 Å². The summed E-state index contributed by atoms with van der Waals surface area (Å²) in [6, 6.07) is 6.27. The number of benzene rings is 1. The molecule has 162 valence electrons. The Balaban J connectivity index is 1.29. The van der Waals surface area contributed by atoms with Gasteiger partial charge in [0.25, 0.3) is 5.56 Å².